The lowest BCUT2D eigenvalue weighted by Crippen LogP contribution is -1.95. The van der Waals surface area contributed by atoms with Crippen LogP contribution in [-0.2, 0) is 0 Å². The van der Waals surface area contributed by atoms with E-state index < -0.39 is 0 Å². The average Bonchev–Trinajstić information content (AvgIpc) is 2.52. The second kappa shape index (κ2) is 3.45. The van der Waals surface area contributed by atoms with Gasteiger partial charge in [0.1, 0.15) is 0 Å². The van der Waals surface area contributed by atoms with Gasteiger partial charge in [-0.15, -0.1) is 0 Å². The summed E-state index contributed by atoms with van der Waals surface area (Å²) in [5.41, 5.74) is 2.05. The Morgan fingerprint density at radius 2 is 2.31 bits per heavy atom. The molecule has 0 radical (unpaired) electrons. The smallest absolute Gasteiger partial charge is 0.0679 e. The van der Waals surface area contributed by atoms with Gasteiger partial charge < -0.3 is 0 Å². The third-order valence-corrected chi connectivity index (χ3v) is 2.25. The number of pyridine rings is 1. The Kier molecular flexibility index (Phi) is 2.30. The molecule has 0 aliphatic rings. The predicted molar refractivity (Wildman–Crippen MR) is 58.8 cm³/mol. The normalized spacial score (nSPS) is 10.3. The summed E-state index contributed by atoms with van der Waals surface area (Å²) in [5.74, 6) is 0. The first kappa shape index (κ1) is 8.68. The van der Waals surface area contributed by atoms with E-state index >= 15 is 0 Å². The number of hydrogen-bond acceptors (Lipinski definition) is 2. The van der Waals surface area contributed by atoms with Crippen LogP contribution in [0.2, 0.25) is 0 Å². The molecule has 0 fully saturated rings. The highest BCUT2D eigenvalue weighted by Crippen LogP contribution is 2.09. The molecular weight excluding hydrogens is 277 g/mol. The molecule has 0 aliphatic heterocycles. The fraction of sp³-hybridized carbons (Fsp3) is 0.111. The van der Waals surface area contributed by atoms with Crippen LogP contribution in [0.3, 0.4) is 0 Å². The van der Waals surface area contributed by atoms with Crippen molar-refractivity contribution in [3.05, 3.63) is 40.0 Å². The third kappa shape index (κ3) is 1.88. The standard InChI is InChI=1S/C9H8IN3/c1-7-4-9(2-3-11-7)13-6-8(10)5-12-13/h2-6H,1H3. The van der Waals surface area contributed by atoms with E-state index in [2.05, 4.69) is 32.7 Å². The van der Waals surface area contributed by atoms with Crippen molar-refractivity contribution in [3.63, 3.8) is 0 Å². The minimum atomic E-state index is 1.00. The Bertz CT molecular complexity index is 422. The van der Waals surface area contributed by atoms with Gasteiger partial charge in [-0.2, -0.15) is 5.10 Å². The van der Waals surface area contributed by atoms with E-state index in [-0.39, 0.29) is 0 Å². The average molecular weight is 285 g/mol. The first-order valence-electron chi connectivity index (χ1n) is 3.89. The monoisotopic (exact) mass is 285 g/mol. The van der Waals surface area contributed by atoms with Crippen LogP contribution in [0.1, 0.15) is 5.69 Å². The van der Waals surface area contributed by atoms with Crippen molar-refractivity contribution in [1.29, 1.82) is 0 Å². The van der Waals surface area contributed by atoms with Crippen molar-refractivity contribution >= 4 is 22.6 Å². The lowest BCUT2D eigenvalue weighted by atomic mass is 10.3. The lowest BCUT2D eigenvalue weighted by molar-refractivity contribution is 0.874. The topological polar surface area (TPSA) is 30.7 Å². The highest BCUT2D eigenvalue weighted by atomic mass is 127. The Morgan fingerprint density at radius 3 is 2.92 bits per heavy atom. The first-order valence-corrected chi connectivity index (χ1v) is 4.97. The second-order valence-corrected chi connectivity index (χ2v) is 4.00. The van der Waals surface area contributed by atoms with Crippen LogP contribution in [0.25, 0.3) is 5.69 Å². The molecule has 2 heterocycles. The van der Waals surface area contributed by atoms with Crippen LogP contribution < -0.4 is 0 Å². The molecule has 13 heavy (non-hydrogen) atoms. The summed E-state index contributed by atoms with van der Waals surface area (Å²) in [4.78, 5) is 4.13. The number of nitrogens with zero attached hydrogens (tertiary/aromatic N) is 3. The Balaban J connectivity index is 2.46. The van der Waals surface area contributed by atoms with Crippen LogP contribution >= 0.6 is 22.6 Å². The molecule has 0 unspecified atom stereocenters. The number of aromatic nitrogens is 3. The fourth-order valence-electron chi connectivity index (χ4n) is 1.12. The molecule has 0 N–H and O–H groups in total. The van der Waals surface area contributed by atoms with Crippen LogP contribution in [0.5, 0.6) is 0 Å². The molecule has 66 valence electrons. The summed E-state index contributed by atoms with van der Waals surface area (Å²) in [5, 5.41) is 4.21. The van der Waals surface area contributed by atoms with E-state index in [0.29, 0.717) is 0 Å². The zero-order valence-corrected chi connectivity index (χ0v) is 9.26. The molecule has 0 amide bonds. The number of halogens is 1. The molecular formula is C9H8IN3. The molecule has 0 bridgehead atoms. The van der Waals surface area contributed by atoms with Crippen LogP contribution in [0, 0.1) is 10.5 Å². The fourth-order valence-corrected chi connectivity index (χ4v) is 1.50. The maximum absolute atomic E-state index is 4.21. The van der Waals surface area contributed by atoms with Crippen molar-refractivity contribution in [2.24, 2.45) is 0 Å². The van der Waals surface area contributed by atoms with Crippen molar-refractivity contribution < 1.29 is 0 Å². The number of aryl methyl sites for hydroxylation is 1. The molecule has 0 spiro atoms. The minimum Gasteiger partial charge on any atom is -0.261 e. The summed E-state index contributed by atoms with van der Waals surface area (Å²) >= 11 is 2.24. The summed E-state index contributed by atoms with van der Waals surface area (Å²) in [6.45, 7) is 1.97. The number of rotatable bonds is 1. The molecule has 0 saturated carbocycles. The van der Waals surface area contributed by atoms with E-state index in [1.807, 2.05) is 36.1 Å². The molecule has 0 aromatic carbocycles. The van der Waals surface area contributed by atoms with E-state index in [1.165, 1.54) is 0 Å². The zero-order chi connectivity index (χ0) is 9.26. The number of hydrogen-bond donors (Lipinski definition) is 0. The van der Waals surface area contributed by atoms with Gasteiger partial charge in [0.2, 0.25) is 0 Å². The molecule has 4 heteroatoms. The maximum atomic E-state index is 4.21. The molecule has 2 rings (SSSR count). The van der Waals surface area contributed by atoms with Crippen molar-refractivity contribution in [3.8, 4) is 5.69 Å². The van der Waals surface area contributed by atoms with Crippen molar-refractivity contribution in [2.75, 3.05) is 0 Å². The van der Waals surface area contributed by atoms with E-state index in [4.69, 9.17) is 0 Å². The van der Waals surface area contributed by atoms with Crippen LogP contribution in [0.4, 0.5) is 0 Å². The van der Waals surface area contributed by atoms with Gasteiger partial charge in [0.15, 0.2) is 0 Å². The molecule has 3 nitrogen and oxygen atoms in total. The summed E-state index contributed by atoms with van der Waals surface area (Å²) in [7, 11) is 0. The molecule has 0 atom stereocenters. The summed E-state index contributed by atoms with van der Waals surface area (Å²) in [6.07, 6.45) is 5.60. The minimum absolute atomic E-state index is 1.00. The Hall–Kier alpha value is -0.910. The summed E-state index contributed by atoms with van der Waals surface area (Å²) < 4.78 is 2.98. The van der Waals surface area contributed by atoms with Crippen LogP contribution in [0.15, 0.2) is 30.7 Å². The maximum Gasteiger partial charge on any atom is 0.0679 e. The quantitative estimate of drug-likeness (QED) is 0.752. The Morgan fingerprint density at radius 1 is 1.46 bits per heavy atom. The molecule has 2 aromatic heterocycles. The van der Waals surface area contributed by atoms with Gasteiger partial charge in [-0.1, -0.05) is 0 Å². The van der Waals surface area contributed by atoms with Gasteiger partial charge >= 0.3 is 0 Å². The molecule has 2 aromatic rings. The van der Waals surface area contributed by atoms with E-state index in [0.717, 1.165) is 15.0 Å². The highest BCUT2D eigenvalue weighted by molar-refractivity contribution is 14.1. The van der Waals surface area contributed by atoms with Gasteiger partial charge in [0, 0.05) is 18.1 Å². The zero-order valence-electron chi connectivity index (χ0n) is 7.11. The van der Waals surface area contributed by atoms with Gasteiger partial charge in [0.05, 0.1) is 15.5 Å². The highest BCUT2D eigenvalue weighted by Gasteiger charge is 1.98. The van der Waals surface area contributed by atoms with Gasteiger partial charge in [0.25, 0.3) is 0 Å². The largest absolute Gasteiger partial charge is 0.261 e. The van der Waals surface area contributed by atoms with Crippen molar-refractivity contribution in [2.45, 2.75) is 6.92 Å². The van der Waals surface area contributed by atoms with Crippen molar-refractivity contribution in [1.82, 2.24) is 14.8 Å². The van der Waals surface area contributed by atoms with Gasteiger partial charge in [-0.05, 0) is 41.6 Å². The lowest BCUT2D eigenvalue weighted by Gasteiger charge is -2.00. The first-order chi connectivity index (χ1) is 6.25. The predicted octanol–water partition coefficient (Wildman–Crippen LogP) is 2.18. The SMILES string of the molecule is Cc1cc(-n2cc(I)cn2)ccn1. The van der Waals surface area contributed by atoms with Gasteiger partial charge in [-0.25, -0.2) is 4.68 Å². The third-order valence-electron chi connectivity index (χ3n) is 1.70. The van der Waals surface area contributed by atoms with E-state index in [1.54, 1.807) is 6.20 Å². The van der Waals surface area contributed by atoms with Crippen LogP contribution in [-0.4, -0.2) is 14.8 Å². The summed E-state index contributed by atoms with van der Waals surface area (Å²) in [6, 6.07) is 3.94. The second-order valence-electron chi connectivity index (χ2n) is 2.76. The Labute approximate surface area is 89.9 Å². The molecule has 0 saturated heterocycles. The molecule has 0 aliphatic carbocycles. The van der Waals surface area contributed by atoms with E-state index in [9.17, 15) is 0 Å². The van der Waals surface area contributed by atoms with Gasteiger partial charge in [-0.3, -0.25) is 4.98 Å².